The summed E-state index contributed by atoms with van der Waals surface area (Å²) in [5, 5.41) is -0.449. The molecule has 0 amide bonds. The van der Waals surface area contributed by atoms with Gasteiger partial charge in [-0.1, -0.05) is 97.3 Å². The molecule has 0 bridgehead atoms. The zero-order chi connectivity index (χ0) is 17.2. The molecule has 0 aromatic carbocycles. The predicted octanol–water partition coefficient (Wildman–Crippen LogP) is 7.03. The Morgan fingerprint density at radius 2 is 1.17 bits per heavy atom. The molecule has 3 heteroatoms. The minimum atomic E-state index is -0.449. The minimum Gasteiger partial charge on any atom is -0.465 e. The molecule has 0 rings (SSSR count). The monoisotopic (exact) mass is 346 g/mol. The third kappa shape index (κ3) is 16.4. The number of esters is 1. The Bertz CT molecular complexity index is 256. The third-order valence-corrected chi connectivity index (χ3v) is 4.71. The van der Waals surface area contributed by atoms with Crippen LogP contribution < -0.4 is 0 Å². The first-order valence-corrected chi connectivity index (χ1v) is 10.5. The molecule has 138 valence electrons. The first kappa shape index (κ1) is 22.8. The molecule has 0 fully saturated rings. The highest BCUT2D eigenvalue weighted by molar-refractivity contribution is 6.29. The molecule has 0 aromatic rings. The van der Waals surface area contributed by atoms with E-state index >= 15 is 0 Å². The minimum absolute atomic E-state index is 0.219. The van der Waals surface area contributed by atoms with Crippen molar-refractivity contribution in [2.24, 2.45) is 0 Å². The summed E-state index contributed by atoms with van der Waals surface area (Å²) in [7, 11) is 0. The zero-order valence-electron chi connectivity index (χ0n) is 15.6. The smallest absolute Gasteiger partial charge is 0.324 e. The lowest BCUT2D eigenvalue weighted by molar-refractivity contribution is -0.143. The number of unbranched alkanes of at least 4 members (excludes halogenated alkanes) is 12. The van der Waals surface area contributed by atoms with Crippen LogP contribution >= 0.6 is 11.6 Å². The van der Waals surface area contributed by atoms with Gasteiger partial charge in [-0.2, -0.15) is 0 Å². The van der Waals surface area contributed by atoms with Crippen molar-refractivity contribution in [3.05, 3.63) is 0 Å². The van der Waals surface area contributed by atoms with Crippen LogP contribution in [0, 0.1) is 0 Å². The van der Waals surface area contributed by atoms with Gasteiger partial charge in [0.2, 0.25) is 0 Å². The van der Waals surface area contributed by atoms with E-state index in [4.69, 9.17) is 16.3 Å². The molecule has 0 spiro atoms. The van der Waals surface area contributed by atoms with Crippen molar-refractivity contribution >= 4 is 17.6 Å². The molecule has 0 aliphatic carbocycles. The van der Waals surface area contributed by atoms with Gasteiger partial charge in [-0.05, 0) is 12.8 Å². The lowest BCUT2D eigenvalue weighted by Crippen LogP contribution is -2.18. The van der Waals surface area contributed by atoms with E-state index in [1.54, 1.807) is 0 Å². The van der Waals surface area contributed by atoms with Crippen LogP contribution in [-0.2, 0) is 9.53 Å². The Hall–Kier alpha value is -0.240. The van der Waals surface area contributed by atoms with Gasteiger partial charge in [-0.15, -0.1) is 11.6 Å². The van der Waals surface area contributed by atoms with E-state index in [-0.39, 0.29) is 5.97 Å². The van der Waals surface area contributed by atoms with Crippen molar-refractivity contribution < 1.29 is 9.53 Å². The van der Waals surface area contributed by atoms with E-state index in [1.807, 2.05) is 0 Å². The van der Waals surface area contributed by atoms with Crippen molar-refractivity contribution in [2.75, 3.05) is 6.61 Å². The largest absolute Gasteiger partial charge is 0.465 e. The number of ether oxygens (including phenoxy) is 1. The summed E-state index contributed by atoms with van der Waals surface area (Å²) >= 11 is 6.12. The molecule has 0 aromatic heterocycles. The van der Waals surface area contributed by atoms with Crippen molar-refractivity contribution in [3.8, 4) is 0 Å². The van der Waals surface area contributed by atoms with Crippen LogP contribution in [-0.4, -0.2) is 18.0 Å². The fraction of sp³-hybridized carbons (Fsp3) is 0.950. The van der Waals surface area contributed by atoms with Gasteiger partial charge >= 0.3 is 5.97 Å². The summed E-state index contributed by atoms with van der Waals surface area (Å²) in [4.78, 5) is 11.8. The molecular formula is C20H39ClO2. The maximum atomic E-state index is 11.8. The molecule has 1 atom stereocenters. The van der Waals surface area contributed by atoms with Crippen molar-refractivity contribution in [2.45, 2.75) is 116 Å². The van der Waals surface area contributed by atoms with Crippen LogP contribution in [0.3, 0.4) is 0 Å². The Labute approximate surface area is 149 Å². The van der Waals surface area contributed by atoms with Gasteiger partial charge in [0.25, 0.3) is 0 Å². The second kappa shape index (κ2) is 18.1. The molecule has 0 saturated heterocycles. The van der Waals surface area contributed by atoms with E-state index in [9.17, 15) is 4.79 Å². The van der Waals surface area contributed by atoms with Crippen molar-refractivity contribution in [1.82, 2.24) is 0 Å². The Morgan fingerprint density at radius 1 is 0.739 bits per heavy atom. The van der Waals surface area contributed by atoms with E-state index in [0.29, 0.717) is 6.61 Å². The third-order valence-electron chi connectivity index (χ3n) is 4.31. The average molecular weight is 347 g/mol. The predicted molar refractivity (Wildman–Crippen MR) is 101 cm³/mol. The van der Waals surface area contributed by atoms with E-state index < -0.39 is 5.38 Å². The van der Waals surface area contributed by atoms with Crippen molar-refractivity contribution in [1.29, 1.82) is 0 Å². The Kier molecular flexibility index (Phi) is 17.9. The highest BCUT2D eigenvalue weighted by atomic mass is 35.5. The number of carbonyl (C=O) groups excluding carboxylic acids is 1. The molecule has 0 heterocycles. The van der Waals surface area contributed by atoms with Gasteiger partial charge in [0.05, 0.1) is 6.61 Å². The SMILES string of the molecule is CCCCCCCCCCC(Cl)C(=O)OCCCCCCCC. The van der Waals surface area contributed by atoms with Crippen molar-refractivity contribution in [3.63, 3.8) is 0 Å². The van der Waals surface area contributed by atoms with Crippen LogP contribution in [0.1, 0.15) is 110 Å². The van der Waals surface area contributed by atoms with Gasteiger partial charge in [0.15, 0.2) is 0 Å². The fourth-order valence-electron chi connectivity index (χ4n) is 2.72. The first-order valence-electron chi connectivity index (χ1n) is 10.0. The topological polar surface area (TPSA) is 26.3 Å². The van der Waals surface area contributed by atoms with Crippen LogP contribution in [0.2, 0.25) is 0 Å². The van der Waals surface area contributed by atoms with Crippen LogP contribution in [0.25, 0.3) is 0 Å². The molecule has 0 radical (unpaired) electrons. The second-order valence-corrected chi connectivity index (χ2v) is 7.19. The zero-order valence-corrected chi connectivity index (χ0v) is 16.3. The Morgan fingerprint density at radius 3 is 1.70 bits per heavy atom. The highest BCUT2D eigenvalue weighted by Crippen LogP contribution is 2.14. The lowest BCUT2D eigenvalue weighted by Gasteiger charge is -2.10. The molecule has 0 aliphatic heterocycles. The van der Waals surface area contributed by atoms with Gasteiger partial charge in [0.1, 0.15) is 5.38 Å². The number of alkyl halides is 1. The molecule has 0 N–H and O–H groups in total. The maximum Gasteiger partial charge on any atom is 0.324 e. The number of halogens is 1. The molecule has 23 heavy (non-hydrogen) atoms. The summed E-state index contributed by atoms with van der Waals surface area (Å²) in [5.41, 5.74) is 0. The van der Waals surface area contributed by atoms with Gasteiger partial charge < -0.3 is 4.74 Å². The molecule has 1 unspecified atom stereocenters. The molecule has 0 saturated carbocycles. The summed E-state index contributed by atoms with van der Waals surface area (Å²) in [6.45, 7) is 4.99. The van der Waals surface area contributed by atoms with Gasteiger partial charge in [-0.25, -0.2) is 0 Å². The summed E-state index contributed by atoms with van der Waals surface area (Å²) in [6.07, 6.45) is 18.1. The normalized spacial score (nSPS) is 12.3. The molecular weight excluding hydrogens is 308 g/mol. The molecule has 0 aliphatic rings. The lowest BCUT2D eigenvalue weighted by atomic mass is 10.1. The van der Waals surface area contributed by atoms with E-state index in [1.165, 1.54) is 70.6 Å². The fourth-order valence-corrected chi connectivity index (χ4v) is 2.94. The highest BCUT2D eigenvalue weighted by Gasteiger charge is 2.15. The van der Waals surface area contributed by atoms with Crippen LogP contribution in [0.5, 0.6) is 0 Å². The Balaban J connectivity index is 3.35. The number of hydrogen-bond donors (Lipinski definition) is 0. The number of hydrogen-bond acceptors (Lipinski definition) is 2. The van der Waals surface area contributed by atoms with Gasteiger partial charge in [0, 0.05) is 0 Å². The van der Waals surface area contributed by atoms with Gasteiger partial charge in [-0.3, -0.25) is 4.79 Å². The summed E-state index contributed by atoms with van der Waals surface area (Å²) in [6, 6.07) is 0. The number of rotatable bonds is 17. The number of carbonyl (C=O) groups is 1. The summed E-state index contributed by atoms with van der Waals surface area (Å²) < 4.78 is 5.26. The molecule has 2 nitrogen and oxygen atoms in total. The summed E-state index contributed by atoms with van der Waals surface area (Å²) in [5.74, 6) is -0.219. The standard InChI is InChI=1S/C20H39ClO2/c1-3-5-7-9-11-12-13-15-17-19(21)20(22)23-18-16-14-10-8-6-4-2/h19H,3-18H2,1-2H3. The van der Waals surface area contributed by atoms with Crippen LogP contribution in [0.4, 0.5) is 0 Å². The average Bonchev–Trinajstić information content (AvgIpc) is 2.56. The van der Waals surface area contributed by atoms with E-state index in [2.05, 4.69) is 13.8 Å². The second-order valence-electron chi connectivity index (χ2n) is 6.67. The first-order chi connectivity index (χ1) is 11.2. The maximum absolute atomic E-state index is 11.8. The van der Waals surface area contributed by atoms with Crippen LogP contribution in [0.15, 0.2) is 0 Å². The quantitative estimate of drug-likeness (QED) is 0.160. The van der Waals surface area contributed by atoms with E-state index in [0.717, 1.165) is 25.7 Å².